The molecular formula is C27H29N3O5S. The molecule has 2 aromatic carbocycles. The highest BCUT2D eigenvalue weighted by atomic mass is 32.1. The topological polar surface area (TPSA) is 84.2 Å². The van der Waals surface area contributed by atoms with Gasteiger partial charge in [0, 0.05) is 0 Å². The van der Waals surface area contributed by atoms with Crippen LogP contribution in [0.4, 0.5) is 0 Å². The van der Waals surface area contributed by atoms with E-state index in [1.807, 2.05) is 55.5 Å². The van der Waals surface area contributed by atoms with Gasteiger partial charge in [-0.3, -0.25) is 4.79 Å². The zero-order valence-electron chi connectivity index (χ0n) is 20.8. The fourth-order valence-corrected chi connectivity index (χ4v) is 4.44. The Bertz CT molecular complexity index is 1470. The lowest BCUT2D eigenvalue weighted by atomic mass is 10.2. The standard InChI is InChI=1S/C27H29N3O5S/c1-5-7-14-35-21-12-9-19(16-23(21)34-6-2)17-24-26(31)30-27(36-24)28-25(29-30)13-10-18-8-11-20(32-3)22(15-18)33-4/h8-13,15-17H,5-7,14H2,1-4H3. The molecule has 0 fully saturated rings. The summed E-state index contributed by atoms with van der Waals surface area (Å²) in [5.41, 5.74) is 1.53. The Morgan fingerprint density at radius 2 is 1.67 bits per heavy atom. The lowest BCUT2D eigenvalue weighted by Crippen LogP contribution is -2.23. The number of rotatable bonds is 11. The first kappa shape index (κ1) is 25.2. The third-order valence-electron chi connectivity index (χ3n) is 5.35. The van der Waals surface area contributed by atoms with Crippen LogP contribution in [0.25, 0.3) is 23.2 Å². The van der Waals surface area contributed by atoms with Gasteiger partial charge in [0.2, 0.25) is 4.96 Å². The van der Waals surface area contributed by atoms with E-state index in [1.165, 1.54) is 15.9 Å². The normalized spacial score (nSPS) is 11.9. The number of ether oxygens (including phenoxy) is 4. The van der Waals surface area contributed by atoms with Gasteiger partial charge in [-0.05, 0) is 60.9 Å². The molecule has 8 nitrogen and oxygen atoms in total. The van der Waals surface area contributed by atoms with Crippen LogP contribution < -0.4 is 29.0 Å². The van der Waals surface area contributed by atoms with Crippen molar-refractivity contribution in [2.75, 3.05) is 27.4 Å². The number of hydrogen-bond acceptors (Lipinski definition) is 8. The van der Waals surface area contributed by atoms with Gasteiger partial charge in [0.1, 0.15) is 0 Å². The molecule has 0 N–H and O–H groups in total. The summed E-state index contributed by atoms with van der Waals surface area (Å²) >= 11 is 1.29. The summed E-state index contributed by atoms with van der Waals surface area (Å²) < 4.78 is 24.1. The SMILES string of the molecule is CCCCOc1ccc(C=c2sc3nc(C=Cc4ccc(OC)c(OC)c4)nn3c2=O)cc1OCC. The van der Waals surface area contributed by atoms with Crippen molar-refractivity contribution >= 4 is 34.5 Å². The van der Waals surface area contributed by atoms with Crippen molar-refractivity contribution in [1.82, 2.24) is 14.6 Å². The summed E-state index contributed by atoms with van der Waals surface area (Å²) in [5, 5.41) is 4.36. The maximum absolute atomic E-state index is 13.0. The highest BCUT2D eigenvalue weighted by molar-refractivity contribution is 7.15. The Labute approximate surface area is 213 Å². The zero-order valence-corrected chi connectivity index (χ0v) is 21.6. The Morgan fingerprint density at radius 3 is 2.39 bits per heavy atom. The number of nitrogens with zero attached hydrogens (tertiary/aromatic N) is 3. The summed E-state index contributed by atoms with van der Waals surface area (Å²) in [5.74, 6) is 3.11. The smallest absolute Gasteiger partial charge is 0.291 e. The van der Waals surface area contributed by atoms with Gasteiger partial charge in [-0.15, -0.1) is 5.10 Å². The van der Waals surface area contributed by atoms with Crippen molar-refractivity contribution in [1.29, 1.82) is 0 Å². The Morgan fingerprint density at radius 1 is 0.917 bits per heavy atom. The largest absolute Gasteiger partial charge is 0.493 e. The van der Waals surface area contributed by atoms with Crippen LogP contribution in [0, 0.1) is 0 Å². The molecule has 9 heteroatoms. The Hall–Kier alpha value is -3.85. The second-order valence-corrected chi connectivity index (χ2v) is 8.88. The van der Waals surface area contributed by atoms with E-state index in [0.717, 1.165) is 24.0 Å². The number of fused-ring (bicyclic) bond motifs is 1. The van der Waals surface area contributed by atoms with Crippen LogP contribution in [0.2, 0.25) is 0 Å². The molecule has 2 heterocycles. The molecule has 0 atom stereocenters. The minimum Gasteiger partial charge on any atom is -0.493 e. The van der Waals surface area contributed by atoms with Crippen LogP contribution in [0.5, 0.6) is 23.0 Å². The molecule has 4 rings (SSSR count). The molecule has 0 aliphatic heterocycles. The number of hydrogen-bond donors (Lipinski definition) is 0. The van der Waals surface area contributed by atoms with E-state index < -0.39 is 0 Å². The Kier molecular flexibility index (Phi) is 8.22. The van der Waals surface area contributed by atoms with E-state index in [9.17, 15) is 4.79 Å². The summed E-state index contributed by atoms with van der Waals surface area (Å²) in [6.07, 6.45) is 7.48. The molecule has 0 unspecified atom stereocenters. The monoisotopic (exact) mass is 507 g/mol. The average molecular weight is 508 g/mol. The van der Waals surface area contributed by atoms with Crippen LogP contribution >= 0.6 is 11.3 Å². The highest BCUT2D eigenvalue weighted by Crippen LogP contribution is 2.29. The van der Waals surface area contributed by atoms with Gasteiger partial charge in [0.25, 0.3) is 5.56 Å². The van der Waals surface area contributed by atoms with Crippen molar-refractivity contribution < 1.29 is 18.9 Å². The van der Waals surface area contributed by atoms with Crippen molar-refractivity contribution in [3.63, 3.8) is 0 Å². The molecule has 0 amide bonds. The van der Waals surface area contributed by atoms with Crippen molar-refractivity contribution in [3.05, 3.63) is 68.2 Å². The predicted molar refractivity (Wildman–Crippen MR) is 142 cm³/mol. The Balaban J connectivity index is 1.58. The lowest BCUT2D eigenvalue weighted by molar-refractivity contribution is 0.272. The second kappa shape index (κ2) is 11.7. The van der Waals surface area contributed by atoms with E-state index in [1.54, 1.807) is 20.3 Å². The number of unbranched alkanes of at least 4 members (excludes halogenated alkanes) is 1. The average Bonchev–Trinajstić information content (AvgIpc) is 3.42. The molecule has 0 radical (unpaired) electrons. The molecule has 4 aromatic rings. The van der Waals surface area contributed by atoms with Crippen LogP contribution in [-0.4, -0.2) is 42.0 Å². The van der Waals surface area contributed by atoms with Gasteiger partial charge in [-0.2, -0.15) is 9.50 Å². The van der Waals surface area contributed by atoms with Crippen molar-refractivity contribution in [2.45, 2.75) is 26.7 Å². The number of thiazole rings is 1. The molecule has 0 aliphatic carbocycles. The maximum atomic E-state index is 13.0. The molecule has 0 spiro atoms. The number of aromatic nitrogens is 3. The molecule has 0 bridgehead atoms. The quantitative estimate of drug-likeness (QED) is 0.277. The summed E-state index contributed by atoms with van der Waals surface area (Å²) in [7, 11) is 3.19. The van der Waals surface area contributed by atoms with Crippen molar-refractivity contribution in [3.8, 4) is 23.0 Å². The van der Waals surface area contributed by atoms with Gasteiger partial charge < -0.3 is 18.9 Å². The van der Waals surface area contributed by atoms with Crippen LogP contribution in [0.1, 0.15) is 43.6 Å². The third-order valence-corrected chi connectivity index (χ3v) is 6.31. The highest BCUT2D eigenvalue weighted by Gasteiger charge is 2.11. The van der Waals surface area contributed by atoms with Gasteiger partial charge in [0.15, 0.2) is 28.8 Å². The summed E-state index contributed by atoms with van der Waals surface area (Å²) in [6, 6.07) is 11.3. The summed E-state index contributed by atoms with van der Waals surface area (Å²) in [4.78, 5) is 18.0. The third kappa shape index (κ3) is 5.68. The molecule has 0 aliphatic rings. The number of benzene rings is 2. The number of methoxy groups -OCH3 is 2. The molecular weight excluding hydrogens is 478 g/mol. The van der Waals surface area contributed by atoms with Gasteiger partial charge in [0.05, 0.1) is 32.0 Å². The lowest BCUT2D eigenvalue weighted by Gasteiger charge is -2.12. The molecule has 36 heavy (non-hydrogen) atoms. The molecule has 0 saturated carbocycles. The van der Waals surface area contributed by atoms with E-state index in [0.29, 0.717) is 51.5 Å². The maximum Gasteiger partial charge on any atom is 0.291 e. The second-order valence-electron chi connectivity index (χ2n) is 7.87. The van der Waals surface area contributed by atoms with E-state index >= 15 is 0 Å². The van der Waals surface area contributed by atoms with Gasteiger partial charge >= 0.3 is 0 Å². The molecule has 188 valence electrons. The first-order valence-corrected chi connectivity index (χ1v) is 12.6. The minimum absolute atomic E-state index is 0.213. The molecule has 0 saturated heterocycles. The van der Waals surface area contributed by atoms with E-state index in [4.69, 9.17) is 18.9 Å². The first-order chi connectivity index (χ1) is 17.6. The fourth-order valence-electron chi connectivity index (χ4n) is 3.53. The van der Waals surface area contributed by atoms with Crippen molar-refractivity contribution in [2.24, 2.45) is 0 Å². The predicted octanol–water partition coefficient (Wildman–Crippen LogP) is 4.46. The van der Waals surface area contributed by atoms with Crippen LogP contribution in [0.15, 0.2) is 41.2 Å². The molecule has 2 aromatic heterocycles. The van der Waals surface area contributed by atoms with E-state index in [2.05, 4.69) is 17.0 Å². The van der Waals surface area contributed by atoms with Gasteiger partial charge in [-0.1, -0.05) is 42.9 Å². The van der Waals surface area contributed by atoms with Crippen LogP contribution in [0.3, 0.4) is 0 Å². The first-order valence-electron chi connectivity index (χ1n) is 11.8. The minimum atomic E-state index is -0.213. The zero-order chi connectivity index (χ0) is 25.5. The van der Waals surface area contributed by atoms with Crippen LogP contribution in [-0.2, 0) is 0 Å². The summed E-state index contributed by atoms with van der Waals surface area (Å²) in [6.45, 7) is 5.21. The fraction of sp³-hybridized carbons (Fsp3) is 0.296. The van der Waals surface area contributed by atoms with Gasteiger partial charge in [-0.25, -0.2) is 0 Å². The van der Waals surface area contributed by atoms with E-state index in [-0.39, 0.29) is 5.56 Å².